The molecule has 3 heteroatoms. The third-order valence-electron chi connectivity index (χ3n) is 4.43. The molecule has 1 unspecified atom stereocenters. The number of para-hydroxylation sites is 2. The molecule has 21 heavy (non-hydrogen) atoms. The van der Waals surface area contributed by atoms with Crippen molar-refractivity contribution in [1.82, 2.24) is 14.9 Å². The number of hydrogen-bond acceptors (Lipinski definition) is 2. The van der Waals surface area contributed by atoms with Crippen LogP contribution in [0.3, 0.4) is 0 Å². The maximum Gasteiger partial charge on any atom is 0.157 e. The molecule has 106 valence electrons. The normalized spacial score (nSPS) is 24.3. The Hall–Kier alpha value is -2.29. The molecule has 0 saturated heterocycles. The van der Waals surface area contributed by atoms with E-state index in [1.165, 1.54) is 11.1 Å². The van der Waals surface area contributed by atoms with Crippen molar-refractivity contribution >= 4 is 16.7 Å². The van der Waals surface area contributed by atoms with E-state index in [2.05, 4.69) is 66.4 Å². The Bertz CT molecular complexity index is 792. The summed E-state index contributed by atoms with van der Waals surface area (Å²) in [7, 11) is 2.08. The largest absolute Gasteiger partial charge is 0.375 e. The Balaban J connectivity index is 1.77. The van der Waals surface area contributed by atoms with Crippen LogP contribution < -0.4 is 5.32 Å². The van der Waals surface area contributed by atoms with E-state index >= 15 is 0 Å². The van der Waals surface area contributed by atoms with Gasteiger partial charge in [-0.05, 0) is 36.1 Å². The molecule has 2 heterocycles. The van der Waals surface area contributed by atoms with Gasteiger partial charge < -0.3 is 9.88 Å². The van der Waals surface area contributed by atoms with Crippen molar-refractivity contribution in [2.24, 2.45) is 13.0 Å². The van der Waals surface area contributed by atoms with E-state index in [4.69, 9.17) is 4.98 Å². The van der Waals surface area contributed by atoms with Crippen LogP contribution in [0.4, 0.5) is 0 Å². The highest BCUT2D eigenvalue weighted by Crippen LogP contribution is 2.28. The zero-order chi connectivity index (χ0) is 14.4. The number of hydrogen-bond donors (Lipinski definition) is 1. The van der Waals surface area contributed by atoms with Gasteiger partial charge in [-0.3, -0.25) is 0 Å². The minimum Gasteiger partial charge on any atom is -0.375 e. The summed E-state index contributed by atoms with van der Waals surface area (Å²) in [5.74, 6) is 1.63. The first-order valence-electron chi connectivity index (χ1n) is 7.51. The summed E-state index contributed by atoms with van der Waals surface area (Å²) in [6, 6.07) is 8.68. The molecule has 1 N–H and O–H groups in total. The van der Waals surface area contributed by atoms with E-state index in [0.717, 1.165) is 23.5 Å². The van der Waals surface area contributed by atoms with E-state index in [0.29, 0.717) is 12.0 Å². The minimum atomic E-state index is 0.407. The fourth-order valence-electron chi connectivity index (χ4n) is 3.23. The van der Waals surface area contributed by atoms with Crippen LogP contribution >= 0.6 is 0 Å². The van der Waals surface area contributed by atoms with Crippen LogP contribution in [0.25, 0.3) is 16.7 Å². The Kier molecular flexibility index (Phi) is 2.74. The second-order valence-electron chi connectivity index (χ2n) is 6.00. The van der Waals surface area contributed by atoms with Crippen molar-refractivity contribution in [3.05, 3.63) is 60.0 Å². The number of rotatable bonds is 1. The van der Waals surface area contributed by atoms with Crippen LogP contribution in [-0.4, -0.2) is 15.6 Å². The topological polar surface area (TPSA) is 29.9 Å². The maximum atomic E-state index is 4.78. The first-order valence-corrected chi connectivity index (χ1v) is 7.51. The van der Waals surface area contributed by atoms with Gasteiger partial charge in [-0.15, -0.1) is 0 Å². The lowest BCUT2D eigenvalue weighted by molar-refractivity contribution is 0.522. The third kappa shape index (κ3) is 2.00. The lowest BCUT2D eigenvalue weighted by atomic mass is 9.87. The molecule has 0 amide bonds. The number of benzene rings is 1. The van der Waals surface area contributed by atoms with Gasteiger partial charge in [0.15, 0.2) is 5.82 Å². The van der Waals surface area contributed by atoms with Crippen molar-refractivity contribution in [1.29, 1.82) is 0 Å². The molecule has 1 aromatic heterocycles. The Morgan fingerprint density at radius 1 is 1.24 bits per heavy atom. The second kappa shape index (κ2) is 4.62. The smallest absolute Gasteiger partial charge is 0.157 e. The first kappa shape index (κ1) is 12.5. The molecular formula is C18H19N3. The van der Waals surface area contributed by atoms with Crippen LogP contribution in [0, 0.1) is 5.92 Å². The first-order chi connectivity index (χ1) is 10.2. The molecule has 2 atom stereocenters. The standard InChI is InChI=1S/C18H19N3/c1-12-7-8-13-9-10-15(19-16(13)11-12)18-20-14-5-3-4-6-17(14)21(18)2/h3-10,12,16,19H,11H2,1-2H3/t12-,16?/m0/s1. The van der Waals surface area contributed by atoms with Gasteiger partial charge in [0.2, 0.25) is 0 Å². The minimum absolute atomic E-state index is 0.407. The average molecular weight is 277 g/mol. The molecule has 0 radical (unpaired) electrons. The molecule has 1 aliphatic carbocycles. The molecule has 3 nitrogen and oxygen atoms in total. The highest BCUT2D eigenvalue weighted by molar-refractivity contribution is 5.80. The van der Waals surface area contributed by atoms with Crippen molar-refractivity contribution in [2.45, 2.75) is 19.4 Å². The van der Waals surface area contributed by atoms with Crippen molar-refractivity contribution in [2.75, 3.05) is 0 Å². The van der Waals surface area contributed by atoms with Gasteiger partial charge in [0, 0.05) is 7.05 Å². The van der Waals surface area contributed by atoms with Gasteiger partial charge in [-0.25, -0.2) is 4.98 Å². The van der Waals surface area contributed by atoms with Gasteiger partial charge in [0.25, 0.3) is 0 Å². The van der Waals surface area contributed by atoms with Gasteiger partial charge in [0.1, 0.15) is 0 Å². The van der Waals surface area contributed by atoms with Crippen LogP contribution in [0.5, 0.6) is 0 Å². The van der Waals surface area contributed by atoms with E-state index in [1.807, 2.05) is 6.07 Å². The third-order valence-corrected chi connectivity index (χ3v) is 4.43. The Labute approximate surface area is 124 Å². The summed E-state index contributed by atoms with van der Waals surface area (Å²) in [4.78, 5) is 4.78. The summed E-state index contributed by atoms with van der Waals surface area (Å²) in [5, 5.41) is 3.66. The summed E-state index contributed by atoms with van der Waals surface area (Å²) in [6.45, 7) is 2.27. The molecule has 2 aliphatic rings. The maximum absolute atomic E-state index is 4.78. The number of aryl methyl sites for hydroxylation is 1. The van der Waals surface area contributed by atoms with Crippen molar-refractivity contribution < 1.29 is 0 Å². The number of nitrogens with one attached hydrogen (secondary N) is 1. The van der Waals surface area contributed by atoms with Gasteiger partial charge in [-0.1, -0.05) is 37.3 Å². The zero-order valence-corrected chi connectivity index (χ0v) is 12.4. The van der Waals surface area contributed by atoms with E-state index in [-0.39, 0.29) is 0 Å². The molecule has 1 aromatic carbocycles. The number of aromatic nitrogens is 2. The van der Waals surface area contributed by atoms with E-state index < -0.39 is 0 Å². The van der Waals surface area contributed by atoms with E-state index in [1.54, 1.807) is 0 Å². The number of fused-ring (bicyclic) bond motifs is 2. The van der Waals surface area contributed by atoms with Crippen LogP contribution in [-0.2, 0) is 7.05 Å². The quantitative estimate of drug-likeness (QED) is 0.865. The highest BCUT2D eigenvalue weighted by atomic mass is 15.1. The van der Waals surface area contributed by atoms with E-state index in [9.17, 15) is 0 Å². The SMILES string of the molecule is C[C@H]1C=CC2=CC=C(c3nc4ccccc4n3C)NC2C1. The zero-order valence-electron chi connectivity index (χ0n) is 12.4. The number of nitrogens with zero attached hydrogens (tertiary/aromatic N) is 2. The number of imidazole rings is 1. The molecule has 4 rings (SSSR count). The molecule has 1 aliphatic heterocycles. The predicted octanol–water partition coefficient (Wildman–Crippen LogP) is 3.41. The highest BCUT2D eigenvalue weighted by Gasteiger charge is 2.24. The summed E-state index contributed by atoms with van der Waals surface area (Å²) < 4.78 is 2.16. The second-order valence-corrected chi connectivity index (χ2v) is 6.00. The molecule has 0 saturated carbocycles. The lowest BCUT2D eigenvalue weighted by Gasteiger charge is -2.30. The molecule has 0 spiro atoms. The average Bonchev–Trinajstić information content (AvgIpc) is 2.84. The lowest BCUT2D eigenvalue weighted by Crippen LogP contribution is -2.35. The number of allylic oxidation sites excluding steroid dienone is 3. The van der Waals surface area contributed by atoms with Gasteiger partial charge in [-0.2, -0.15) is 0 Å². The fourth-order valence-corrected chi connectivity index (χ4v) is 3.23. The van der Waals surface area contributed by atoms with Crippen molar-refractivity contribution in [3.8, 4) is 0 Å². The molecule has 2 aromatic rings. The molecular weight excluding hydrogens is 258 g/mol. The number of dihydropyridines is 1. The van der Waals surface area contributed by atoms with Gasteiger partial charge >= 0.3 is 0 Å². The van der Waals surface area contributed by atoms with Crippen LogP contribution in [0.1, 0.15) is 19.2 Å². The predicted molar refractivity (Wildman–Crippen MR) is 86.6 cm³/mol. The van der Waals surface area contributed by atoms with Gasteiger partial charge in [0.05, 0.1) is 22.8 Å². The van der Waals surface area contributed by atoms with Crippen molar-refractivity contribution in [3.63, 3.8) is 0 Å². The summed E-state index contributed by atoms with van der Waals surface area (Å²) in [5.41, 5.74) is 4.70. The summed E-state index contributed by atoms with van der Waals surface area (Å²) >= 11 is 0. The monoisotopic (exact) mass is 277 g/mol. The molecule has 0 bridgehead atoms. The Morgan fingerprint density at radius 2 is 2.10 bits per heavy atom. The molecule has 0 fully saturated rings. The van der Waals surface area contributed by atoms with Crippen LogP contribution in [0.2, 0.25) is 0 Å². The van der Waals surface area contributed by atoms with Crippen LogP contribution in [0.15, 0.2) is 54.1 Å². The summed E-state index contributed by atoms with van der Waals surface area (Å²) in [6.07, 6.45) is 10.0. The fraction of sp³-hybridized carbons (Fsp3) is 0.278. The Morgan fingerprint density at radius 3 is 2.95 bits per heavy atom.